The van der Waals surface area contributed by atoms with E-state index < -0.39 is 6.23 Å². The van der Waals surface area contributed by atoms with Gasteiger partial charge in [0.05, 0.1) is 13.2 Å². The van der Waals surface area contributed by atoms with Crippen LogP contribution in [0.4, 0.5) is 0 Å². The molecule has 4 N–H and O–H groups in total. The van der Waals surface area contributed by atoms with E-state index >= 15 is 0 Å². The van der Waals surface area contributed by atoms with Crippen molar-refractivity contribution in [1.29, 1.82) is 0 Å². The van der Waals surface area contributed by atoms with Crippen molar-refractivity contribution in [2.75, 3.05) is 12.9 Å². The normalized spacial score (nSPS) is 19.2. The Hall–Kier alpha value is -3.37. The zero-order chi connectivity index (χ0) is 34.2. The third-order valence-corrected chi connectivity index (χ3v) is 12.1. The van der Waals surface area contributed by atoms with Gasteiger partial charge in [-0.15, -0.1) is 0 Å². The van der Waals surface area contributed by atoms with Crippen LogP contribution in [0.15, 0.2) is 66.7 Å². The maximum absolute atomic E-state index is 13.8. The topological polar surface area (TPSA) is 108 Å². The molecule has 0 radical (unpaired) electrons. The van der Waals surface area contributed by atoms with Gasteiger partial charge in [-0.1, -0.05) is 83.7 Å². The SMILES string of the molecule is COc1c(O)ccc2c1-c1ccc3ccc(O)cc3c1CSSCCCCC(OC(NC1CCCCC1)c1cccc(O)c1)CC(=O)CC2. The molecule has 4 aromatic carbocycles. The Kier molecular flexibility index (Phi) is 12.3. The molecule has 1 saturated carbocycles. The first-order valence-corrected chi connectivity index (χ1v) is 20.0. The molecule has 4 aromatic rings. The van der Waals surface area contributed by atoms with Crippen molar-refractivity contribution < 1.29 is 29.6 Å². The number of fused-ring (bicyclic) bond motifs is 5. The average molecular weight is 702 g/mol. The van der Waals surface area contributed by atoms with Crippen LogP contribution in [-0.2, 0) is 21.7 Å². The minimum Gasteiger partial charge on any atom is -0.508 e. The quantitative estimate of drug-likeness (QED) is 0.115. The number of nitrogens with one attached hydrogen (secondary N) is 1. The number of carbonyl (C=O) groups is 1. The van der Waals surface area contributed by atoms with Gasteiger partial charge in [0.15, 0.2) is 11.5 Å². The summed E-state index contributed by atoms with van der Waals surface area (Å²) in [4.78, 5) is 13.8. The zero-order valence-electron chi connectivity index (χ0n) is 28.2. The molecule has 1 aliphatic carbocycles. The Morgan fingerprint density at radius 3 is 2.45 bits per heavy atom. The van der Waals surface area contributed by atoms with E-state index in [2.05, 4.69) is 11.4 Å². The van der Waals surface area contributed by atoms with Crippen molar-refractivity contribution in [3.63, 3.8) is 0 Å². The highest BCUT2D eigenvalue weighted by molar-refractivity contribution is 8.76. The lowest BCUT2D eigenvalue weighted by Gasteiger charge is -2.31. The fourth-order valence-corrected chi connectivity index (χ4v) is 9.46. The summed E-state index contributed by atoms with van der Waals surface area (Å²) >= 11 is 0. The highest BCUT2D eigenvalue weighted by Gasteiger charge is 2.26. The van der Waals surface area contributed by atoms with Crippen LogP contribution in [0, 0.1) is 0 Å². The minimum atomic E-state index is -0.415. The number of carbonyl (C=O) groups excluding carboxylic acids is 1. The number of hydrogen-bond acceptors (Lipinski definition) is 9. The van der Waals surface area contributed by atoms with Crippen LogP contribution in [0.5, 0.6) is 23.0 Å². The largest absolute Gasteiger partial charge is 0.508 e. The van der Waals surface area contributed by atoms with Crippen LogP contribution < -0.4 is 10.1 Å². The first kappa shape index (κ1) is 35.5. The Balaban J connectivity index is 1.30. The van der Waals surface area contributed by atoms with E-state index in [-0.39, 0.29) is 29.1 Å². The zero-order valence-corrected chi connectivity index (χ0v) is 29.8. The monoisotopic (exact) mass is 701 g/mol. The smallest absolute Gasteiger partial charge is 0.168 e. The average Bonchev–Trinajstić information content (AvgIpc) is 3.10. The first-order valence-electron chi connectivity index (χ1n) is 17.5. The Morgan fingerprint density at radius 1 is 0.837 bits per heavy atom. The number of phenols is 3. The Labute approximate surface area is 297 Å². The van der Waals surface area contributed by atoms with Crippen molar-refractivity contribution in [3.05, 3.63) is 83.4 Å². The molecule has 49 heavy (non-hydrogen) atoms. The van der Waals surface area contributed by atoms with Gasteiger partial charge in [0.1, 0.15) is 23.5 Å². The maximum atomic E-state index is 13.8. The predicted molar refractivity (Wildman–Crippen MR) is 201 cm³/mol. The number of Topliss-reactive ketones (excluding diaryl/α,β-unsaturated/α-hetero) is 1. The Bertz CT molecular complexity index is 1740. The van der Waals surface area contributed by atoms with E-state index in [1.165, 1.54) is 19.3 Å². The summed E-state index contributed by atoms with van der Waals surface area (Å²) in [7, 11) is 5.17. The van der Waals surface area contributed by atoms with Crippen LogP contribution >= 0.6 is 21.6 Å². The molecule has 2 atom stereocenters. The molecule has 2 aliphatic rings. The van der Waals surface area contributed by atoms with E-state index in [1.54, 1.807) is 42.2 Å². The molecular formula is C40H47NO6S2. The lowest BCUT2D eigenvalue weighted by molar-refractivity contribution is -0.124. The highest BCUT2D eigenvalue weighted by atomic mass is 33.1. The fourth-order valence-electron chi connectivity index (χ4n) is 7.20. The molecule has 6 rings (SSSR count). The van der Waals surface area contributed by atoms with Gasteiger partial charge in [-0.25, -0.2) is 0 Å². The lowest BCUT2D eigenvalue weighted by Crippen LogP contribution is -2.38. The molecule has 7 nitrogen and oxygen atoms in total. The molecule has 0 saturated heterocycles. The minimum absolute atomic E-state index is 0.0443. The molecular weight excluding hydrogens is 655 g/mol. The van der Waals surface area contributed by atoms with E-state index in [9.17, 15) is 20.1 Å². The van der Waals surface area contributed by atoms with E-state index in [4.69, 9.17) is 9.47 Å². The van der Waals surface area contributed by atoms with Crippen molar-refractivity contribution in [2.24, 2.45) is 0 Å². The second kappa shape index (κ2) is 17.0. The summed E-state index contributed by atoms with van der Waals surface area (Å²) in [6.45, 7) is 0. The van der Waals surface area contributed by atoms with Gasteiger partial charge in [-0.3, -0.25) is 10.1 Å². The number of ether oxygens (including phenoxy) is 2. The maximum Gasteiger partial charge on any atom is 0.168 e. The van der Waals surface area contributed by atoms with Crippen molar-refractivity contribution >= 4 is 38.1 Å². The molecule has 1 aliphatic heterocycles. The van der Waals surface area contributed by atoms with Gasteiger partial charge < -0.3 is 24.8 Å². The number of aromatic hydroxyl groups is 3. The molecule has 260 valence electrons. The van der Waals surface area contributed by atoms with E-state index in [0.29, 0.717) is 36.8 Å². The Morgan fingerprint density at radius 2 is 1.63 bits per heavy atom. The fraction of sp³-hybridized carbons (Fsp3) is 0.425. The summed E-state index contributed by atoms with van der Waals surface area (Å²) in [5.41, 5.74) is 4.56. The molecule has 1 fully saturated rings. The van der Waals surface area contributed by atoms with Crippen molar-refractivity contribution in [3.8, 4) is 34.1 Å². The van der Waals surface area contributed by atoms with Gasteiger partial charge in [0.25, 0.3) is 0 Å². The standard InChI is InChI=1S/C40H47NO6S2/c1-46-39-37(45)20-16-27-14-18-31(43)23-33(47-40(28-8-7-11-30(42)22-28)41-29-9-3-2-4-10-29)12-5-6-21-48-49-25-36-34(38(27)39)19-15-26-13-17-32(44)24-35(26)36/h7-8,11,13,15-17,19-20,22,24,29,33,40-42,44-45H,2-6,9-10,12,14,18,21,23,25H2,1H3. The van der Waals surface area contributed by atoms with Crippen LogP contribution in [0.2, 0.25) is 0 Å². The molecule has 0 spiro atoms. The third-order valence-electron chi connectivity index (χ3n) is 9.73. The molecule has 1 heterocycles. The lowest BCUT2D eigenvalue weighted by atomic mass is 9.89. The van der Waals surface area contributed by atoms with Gasteiger partial charge in [-0.05, 0) is 95.5 Å². The van der Waals surface area contributed by atoms with E-state index in [1.807, 2.05) is 47.2 Å². The number of ketones is 1. The van der Waals surface area contributed by atoms with Crippen molar-refractivity contribution in [2.45, 2.75) is 94.8 Å². The molecule has 0 aromatic heterocycles. The number of aryl methyl sites for hydroxylation is 1. The summed E-state index contributed by atoms with van der Waals surface area (Å²) in [6.07, 6.45) is 8.94. The van der Waals surface area contributed by atoms with Crippen LogP contribution in [0.25, 0.3) is 21.9 Å². The summed E-state index contributed by atoms with van der Waals surface area (Å²) in [5, 5.41) is 37.4. The number of benzene rings is 4. The summed E-state index contributed by atoms with van der Waals surface area (Å²) < 4.78 is 12.6. The van der Waals surface area contributed by atoms with Crippen LogP contribution in [0.3, 0.4) is 0 Å². The highest BCUT2D eigenvalue weighted by Crippen LogP contribution is 2.45. The van der Waals surface area contributed by atoms with Crippen molar-refractivity contribution in [1.82, 2.24) is 5.32 Å². The predicted octanol–water partition coefficient (Wildman–Crippen LogP) is 9.60. The van der Waals surface area contributed by atoms with Gasteiger partial charge in [-0.2, -0.15) is 0 Å². The van der Waals surface area contributed by atoms with Crippen LogP contribution in [-0.4, -0.2) is 46.1 Å². The molecule has 9 heteroatoms. The third kappa shape index (κ3) is 9.06. The van der Waals surface area contributed by atoms with Gasteiger partial charge >= 0.3 is 0 Å². The first-order chi connectivity index (χ1) is 23.9. The number of rotatable bonds is 6. The summed E-state index contributed by atoms with van der Waals surface area (Å²) in [6, 6.07) is 20.7. The summed E-state index contributed by atoms with van der Waals surface area (Å²) in [5.74, 6) is 2.60. The van der Waals surface area contributed by atoms with E-state index in [0.717, 1.165) is 76.4 Å². The molecule has 0 amide bonds. The number of hydrogen-bond donors (Lipinski definition) is 4. The molecule has 0 bridgehead atoms. The molecule has 2 unspecified atom stereocenters. The van der Waals surface area contributed by atoms with Gasteiger partial charge in [0, 0.05) is 36.0 Å². The second-order valence-electron chi connectivity index (χ2n) is 13.2. The van der Waals surface area contributed by atoms with Gasteiger partial charge in [0.2, 0.25) is 0 Å². The van der Waals surface area contributed by atoms with Crippen LogP contribution in [0.1, 0.15) is 87.1 Å². The second-order valence-corrected chi connectivity index (χ2v) is 15.8. The number of phenolic OH excluding ortho intramolecular Hbond substituents is 3. The number of methoxy groups -OCH3 is 1.